The first-order valence-electron chi connectivity index (χ1n) is 5.76. The summed E-state index contributed by atoms with van der Waals surface area (Å²) in [7, 11) is 0. The zero-order valence-corrected chi connectivity index (χ0v) is 10.7. The number of aromatic nitrogens is 1. The van der Waals surface area contributed by atoms with Gasteiger partial charge >= 0.3 is 5.97 Å². The molecule has 0 unspecified atom stereocenters. The van der Waals surface area contributed by atoms with E-state index in [1.807, 2.05) is 0 Å². The lowest BCUT2D eigenvalue weighted by Crippen LogP contribution is -2.00. The largest absolute Gasteiger partial charge is 0.477 e. The number of nitrogens with zero attached hydrogens (tertiary/aromatic N) is 1. The summed E-state index contributed by atoms with van der Waals surface area (Å²) in [4.78, 5) is 14.7. The molecule has 2 aromatic rings. The van der Waals surface area contributed by atoms with Crippen molar-refractivity contribution in [1.82, 2.24) is 4.98 Å². The fraction of sp³-hybridized carbons (Fsp3) is 0.200. The van der Waals surface area contributed by atoms with E-state index < -0.39 is 5.97 Å². The molecule has 2 rings (SSSR count). The number of hydrogen-bond donors (Lipinski definition) is 1. The highest BCUT2D eigenvalue weighted by atomic mass is 16.4. The quantitative estimate of drug-likeness (QED) is 0.876. The minimum atomic E-state index is -1.00. The summed E-state index contributed by atoms with van der Waals surface area (Å²) in [5.41, 5.74) is 5.74. The Hall–Kier alpha value is -2.16. The molecule has 0 amide bonds. The van der Waals surface area contributed by atoms with Gasteiger partial charge in [-0.05, 0) is 43.5 Å². The molecule has 0 saturated carbocycles. The molecule has 0 saturated heterocycles. The van der Waals surface area contributed by atoms with Crippen LogP contribution in [-0.4, -0.2) is 16.1 Å². The van der Waals surface area contributed by atoms with Crippen molar-refractivity contribution in [3.8, 4) is 11.1 Å². The Morgan fingerprint density at radius 1 is 1.11 bits per heavy atom. The average molecular weight is 241 g/mol. The third kappa shape index (κ3) is 2.25. The molecule has 0 radical (unpaired) electrons. The van der Waals surface area contributed by atoms with Gasteiger partial charge in [-0.15, -0.1) is 0 Å². The van der Waals surface area contributed by atoms with Crippen LogP contribution in [-0.2, 0) is 0 Å². The topological polar surface area (TPSA) is 50.2 Å². The Kier molecular flexibility index (Phi) is 3.15. The van der Waals surface area contributed by atoms with Gasteiger partial charge in [-0.3, -0.25) is 0 Å². The van der Waals surface area contributed by atoms with Crippen LogP contribution in [0.2, 0.25) is 0 Å². The Morgan fingerprint density at radius 3 is 2.17 bits per heavy atom. The average Bonchev–Trinajstić information content (AvgIpc) is 2.28. The number of aromatic carboxylic acids is 1. The van der Waals surface area contributed by atoms with Crippen LogP contribution in [0.4, 0.5) is 0 Å². The van der Waals surface area contributed by atoms with E-state index in [1.165, 1.54) is 22.8 Å². The molecule has 1 aromatic carbocycles. The van der Waals surface area contributed by atoms with Gasteiger partial charge in [0.15, 0.2) is 0 Å². The van der Waals surface area contributed by atoms with Crippen LogP contribution in [0.25, 0.3) is 11.1 Å². The molecule has 0 fully saturated rings. The predicted octanol–water partition coefficient (Wildman–Crippen LogP) is 3.37. The number of carboxylic acids is 1. The van der Waals surface area contributed by atoms with Crippen molar-refractivity contribution < 1.29 is 9.90 Å². The van der Waals surface area contributed by atoms with E-state index in [9.17, 15) is 4.79 Å². The Bertz CT molecular complexity index is 577. The van der Waals surface area contributed by atoms with E-state index in [-0.39, 0.29) is 5.69 Å². The number of carbonyl (C=O) groups is 1. The highest BCUT2D eigenvalue weighted by Crippen LogP contribution is 2.27. The second-order valence-corrected chi connectivity index (χ2v) is 4.51. The van der Waals surface area contributed by atoms with Crippen molar-refractivity contribution in [3.05, 3.63) is 52.8 Å². The highest BCUT2D eigenvalue weighted by molar-refractivity contribution is 5.86. The van der Waals surface area contributed by atoms with E-state index in [1.54, 1.807) is 12.3 Å². The molecule has 92 valence electrons. The minimum Gasteiger partial charge on any atom is -0.477 e. The fourth-order valence-electron chi connectivity index (χ4n) is 2.30. The molecular weight excluding hydrogens is 226 g/mol. The summed E-state index contributed by atoms with van der Waals surface area (Å²) in [5, 5.41) is 8.83. The van der Waals surface area contributed by atoms with Gasteiger partial charge in [0, 0.05) is 11.8 Å². The van der Waals surface area contributed by atoms with E-state index in [2.05, 4.69) is 37.9 Å². The molecule has 18 heavy (non-hydrogen) atoms. The Balaban J connectivity index is 2.52. The van der Waals surface area contributed by atoms with Crippen molar-refractivity contribution in [1.29, 1.82) is 0 Å². The van der Waals surface area contributed by atoms with Crippen LogP contribution in [0.15, 0.2) is 30.5 Å². The fourth-order valence-corrected chi connectivity index (χ4v) is 2.30. The first kappa shape index (κ1) is 12.3. The maximum Gasteiger partial charge on any atom is 0.354 e. The summed E-state index contributed by atoms with van der Waals surface area (Å²) in [5.74, 6) is -1.00. The van der Waals surface area contributed by atoms with Crippen molar-refractivity contribution in [2.45, 2.75) is 20.8 Å². The lowest BCUT2D eigenvalue weighted by Gasteiger charge is -2.11. The third-order valence-electron chi connectivity index (χ3n) is 2.95. The number of hydrogen-bond acceptors (Lipinski definition) is 2. The number of carboxylic acid groups (broad SMARTS) is 1. The molecule has 0 aliphatic carbocycles. The molecular formula is C15H15NO2. The molecule has 0 bridgehead atoms. The van der Waals surface area contributed by atoms with Crippen LogP contribution >= 0.6 is 0 Å². The van der Waals surface area contributed by atoms with E-state index in [0.29, 0.717) is 0 Å². The molecule has 1 aromatic heterocycles. The summed E-state index contributed by atoms with van der Waals surface area (Å²) < 4.78 is 0. The summed E-state index contributed by atoms with van der Waals surface area (Å²) >= 11 is 0. The number of pyridine rings is 1. The predicted molar refractivity (Wildman–Crippen MR) is 70.8 cm³/mol. The first-order chi connectivity index (χ1) is 8.49. The molecule has 0 atom stereocenters. The second-order valence-electron chi connectivity index (χ2n) is 4.51. The standard InChI is InChI=1S/C15H15NO2/c1-9-6-10(2)14(11(3)7-9)12-4-5-13(15(17)18)16-8-12/h4-8H,1-3H3,(H,17,18). The molecule has 3 heteroatoms. The molecule has 0 aliphatic heterocycles. The number of aryl methyl sites for hydroxylation is 3. The molecule has 0 spiro atoms. The summed E-state index contributed by atoms with van der Waals surface area (Å²) in [6, 6.07) is 7.58. The van der Waals surface area contributed by atoms with Gasteiger partial charge in [0.2, 0.25) is 0 Å². The highest BCUT2D eigenvalue weighted by Gasteiger charge is 2.09. The van der Waals surface area contributed by atoms with Gasteiger partial charge < -0.3 is 5.11 Å². The maximum absolute atomic E-state index is 10.8. The van der Waals surface area contributed by atoms with Crippen molar-refractivity contribution in [2.24, 2.45) is 0 Å². The van der Waals surface area contributed by atoms with Crippen LogP contribution < -0.4 is 0 Å². The van der Waals surface area contributed by atoms with Gasteiger partial charge in [0.05, 0.1) is 0 Å². The number of benzene rings is 1. The van der Waals surface area contributed by atoms with Gasteiger partial charge in [0.1, 0.15) is 5.69 Å². The Morgan fingerprint density at radius 2 is 1.72 bits per heavy atom. The second kappa shape index (κ2) is 4.61. The van der Waals surface area contributed by atoms with E-state index >= 15 is 0 Å². The van der Waals surface area contributed by atoms with Crippen LogP contribution in [0.5, 0.6) is 0 Å². The molecule has 1 N–H and O–H groups in total. The zero-order valence-electron chi connectivity index (χ0n) is 10.7. The maximum atomic E-state index is 10.8. The van der Waals surface area contributed by atoms with Crippen molar-refractivity contribution in [3.63, 3.8) is 0 Å². The lowest BCUT2D eigenvalue weighted by molar-refractivity contribution is 0.0690. The van der Waals surface area contributed by atoms with Gasteiger partial charge in [-0.1, -0.05) is 23.8 Å². The van der Waals surface area contributed by atoms with Crippen LogP contribution in [0.1, 0.15) is 27.2 Å². The van der Waals surface area contributed by atoms with Crippen molar-refractivity contribution in [2.75, 3.05) is 0 Å². The molecule has 3 nitrogen and oxygen atoms in total. The Labute approximate surface area is 106 Å². The smallest absolute Gasteiger partial charge is 0.354 e. The summed E-state index contributed by atoms with van der Waals surface area (Å²) in [6.07, 6.45) is 1.62. The lowest BCUT2D eigenvalue weighted by atomic mass is 9.95. The molecule has 0 aliphatic rings. The van der Waals surface area contributed by atoms with E-state index in [0.717, 1.165) is 11.1 Å². The van der Waals surface area contributed by atoms with E-state index in [4.69, 9.17) is 5.11 Å². The summed E-state index contributed by atoms with van der Waals surface area (Å²) in [6.45, 7) is 6.18. The van der Waals surface area contributed by atoms with Crippen molar-refractivity contribution >= 4 is 5.97 Å². The van der Waals surface area contributed by atoms with Gasteiger partial charge in [0.25, 0.3) is 0 Å². The molecule has 1 heterocycles. The van der Waals surface area contributed by atoms with Crippen LogP contribution in [0.3, 0.4) is 0 Å². The third-order valence-corrected chi connectivity index (χ3v) is 2.95. The first-order valence-corrected chi connectivity index (χ1v) is 5.76. The minimum absolute atomic E-state index is 0.0705. The number of rotatable bonds is 2. The normalized spacial score (nSPS) is 10.4. The van der Waals surface area contributed by atoms with Crippen LogP contribution in [0, 0.1) is 20.8 Å². The zero-order chi connectivity index (χ0) is 13.3. The monoisotopic (exact) mass is 241 g/mol. The SMILES string of the molecule is Cc1cc(C)c(-c2ccc(C(=O)O)nc2)c(C)c1. The van der Waals surface area contributed by atoms with Gasteiger partial charge in [-0.2, -0.15) is 0 Å². The van der Waals surface area contributed by atoms with Gasteiger partial charge in [-0.25, -0.2) is 9.78 Å².